The maximum Gasteiger partial charge on any atom is 0.412 e. The molecule has 0 saturated carbocycles. The lowest BCUT2D eigenvalue weighted by Gasteiger charge is -2.34. The molecule has 7 heteroatoms. The summed E-state index contributed by atoms with van der Waals surface area (Å²) in [6, 6.07) is -0.264. The van der Waals surface area contributed by atoms with Crippen LogP contribution in [0, 0.1) is 0 Å². The summed E-state index contributed by atoms with van der Waals surface area (Å²) in [6.45, 7) is 11.4. The Hall–Kier alpha value is -1.63. The van der Waals surface area contributed by atoms with Crippen LogP contribution in [0.2, 0.25) is 0 Å². The summed E-state index contributed by atoms with van der Waals surface area (Å²) < 4.78 is 25.0. The van der Waals surface area contributed by atoms with E-state index in [9.17, 15) is 9.18 Å². The highest BCUT2D eigenvalue weighted by Gasteiger charge is 2.45. The van der Waals surface area contributed by atoms with Crippen molar-refractivity contribution in [1.82, 2.24) is 4.90 Å². The highest BCUT2D eigenvalue weighted by Crippen LogP contribution is 2.31. The maximum absolute atomic E-state index is 13.9. The summed E-state index contributed by atoms with van der Waals surface area (Å²) in [6.07, 6.45) is 1.58. The van der Waals surface area contributed by atoms with Crippen LogP contribution in [-0.2, 0) is 9.47 Å². The van der Waals surface area contributed by atoms with Crippen molar-refractivity contribution in [2.75, 3.05) is 13.2 Å². The molecule has 138 valence electrons. The van der Waals surface area contributed by atoms with E-state index in [4.69, 9.17) is 15.2 Å². The van der Waals surface area contributed by atoms with Crippen LogP contribution < -0.4 is 5.73 Å². The molecule has 1 saturated heterocycles. The molecule has 1 rings (SSSR count). The predicted octanol–water partition coefficient (Wildman–Crippen LogP) is 3.37. The van der Waals surface area contributed by atoms with E-state index in [1.165, 1.54) is 6.08 Å². The topological polar surface area (TPSA) is 77.2 Å². The van der Waals surface area contributed by atoms with Gasteiger partial charge in [-0.15, -0.1) is 0 Å². The van der Waals surface area contributed by atoms with Gasteiger partial charge in [-0.2, -0.15) is 0 Å². The molecule has 0 spiro atoms. The van der Waals surface area contributed by atoms with Gasteiger partial charge in [0.1, 0.15) is 11.3 Å². The van der Waals surface area contributed by atoms with Crippen molar-refractivity contribution in [2.24, 2.45) is 10.7 Å². The van der Waals surface area contributed by atoms with Crippen LogP contribution in [0.4, 0.5) is 9.18 Å². The molecule has 0 aliphatic carbocycles. The lowest BCUT2D eigenvalue weighted by Crippen LogP contribution is -2.49. The Morgan fingerprint density at radius 2 is 2.12 bits per heavy atom. The first-order valence-corrected chi connectivity index (χ1v) is 8.20. The lowest BCUT2D eigenvalue weighted by molar-refractivity contribution is -0.0623. The van der Waals surface area contributed by atoms with E-state index in [1.807, 2.05) is 20.8 Å². The second kappa shape index (κ2) is 7.96. The zero-order chi connectivity index (χ0) is 18.5. The molecular weight excluding hydrogens is 313 g/mol. The summed E-state index contributed by atoms with van der Waals surface area (Å²) in [4.78, 5) is 18.0. The van der Waals surface area contributed by atoms with E-state index in [0.29, 0.717) is 25.4 Å². The van der Waals surface area contributed by atoms with Gasteiger partial charge in [-0.05, 0) is 48.0 Å². The second-order valence-corrected chi connectivity index (χ2v) is 7.42. The zero-order valence-corrected chi connectivity index (χ0v) is 15.6. The number of amides is 1. The Bertz CT molecular complexity index is 506. The molecule has 0 radical (unpaired) electrons. The van der Waals surface area contributed by atoms with Crippen molar-refractivity contribution in [3.63, 3.8) is 0 Å². The number of hydrogen-bond donors (Lipinski definition) is 1. The normalized spacial score (nSPS) is 22.0. The van der Waals surface area contributed by atoms with Crippen molar-refractivity contribution in [2.45, 2.75) is 71.8 Å². The SMILES string of the molecule is CC(N)=NCC/C(F)=C\C[C@H]1COC(C)(C)N1C(=O)OC(C)(C)C. The summed E-state index contributed by atoms with van der Waals surface area (Å²) in [5, 5.41) is 0. The van der Waals surface area contributed by atoms with Gasteiger partial charge < -0.3 is 15.2 Å². The van der Waals surface area contributed by atoms with Crippen LogP contribution in [0.15, 0.2) is 16.9 Å². The molecule has 0 aromatic carbocycles. The van der Waals surface area contributed by atoms with Crippen LogP contribution >= 0.6 is 0 Å². The molecule has 0 unspecified atom stereocenters. The van der Waals surface area contributed by atoms with Crippen LogP contribution in [0.25, 0.3) is 0 Å². The van der Waals surface area contributed by atoms with Crippen molar-refractivity contribution in [1.29, 1.82) is 0 Å². The zero-order valence-electron chi connectivity index (χ0n) is 15.6. The van der Waals surface area contributed by atoms with Gasteiger partial charge in [0.05, 0.1) is 24.3 Å². The maximum atomic E-state index is 13.9. The van der Waals surface area contributed by atoms with E-state index >= 15 is 0 Å². The Labute approximate surface area is 143 Å². The van der Waals surface area contributed by atoms with Gasteiger partial charge in [0, 0.05) is 13.0 Å². The minimum atomic E-state index is -0.779. The van der Waals surface area contributed by atoms with E-state index in [1.54, 1.807) is 25.7 Å². The first-order valence-electron chi connectivity index (χ1n) is 8.20. The average molecular weight is 343 g/mol. The minimum Gasteiger partial charge on any atom is -0.444 e. The third-order valence-electron chi connectivity index (χ3n) is 3.49. The van der Waals surface area contributed by atoms with Crippen LogP contribution in [0.3, 0.4) is 0 Å². The molecule has 1 aliphatic heterocycles. The second-order valence-electron chi connectivity index (χ2n) is 7.42. The first kappa shape index (κ1) is 20.4. The molecule has 2 N–H and O–H groups in total. The molecule has 0 bridgehead atoms. The fourth-order valence-electron chi connectivity index (χ4n) is 2.44. The molecule has 1 heterocycles. The number of aliphatic imine (C=N–C) groups is 1. The van der Waals surface area contributed by atoms with Crippen LogP contribution in [-0.4, -0.2) is 47.3 Å². The molecule has 0 aromatic heterocycles. The van der Waals surface area contributed by atoms with Crippen LogP contribution in [0.1, 0.15) is 54.4 Å². The average Bonchev–Trinajstić information content (AvgIpc) is 2.69. The number of hydrogen-bond acceptors (Lipinski definition) is 4. The predicted molar refractivity (Wildman–Crippen MR) is 92.5 cm³/mol. The summed E-state index contributed by atoms with van der Waals surface area (Å²) in [7, 11) is 0. The number of halogens is 1. The smallest absolute Gasteiger partial charge is 0.412 e. The number of nitrogens with zero attached hydrogens (tertiary/aromatic N) is 2. The Balaban J connectivity index is 2.72. The largest absolute Gasteiger partial charge is 0.444 e. The van der Waals surface area contributed by atoms with E-state index in [0.717, 1.165) is 0 Å². The summed E-state index contributed by atoms with van der Waals surface area (Å²) in [5.74, 6) is 0.165. The number of ether oxygens (including phenoxy) is 2. The highest BCUT2D eigenvalue weighted by atomic mass is 19.1. The van der Waals surface area contributed by atoms with Crippen LogP contribution in [0.5, 0.6) is 0 Å². The molecule has 6 nitrogen and oxygen atoms in total. The standard InChI is InChI=1S/C17H30FN3O3/c1-12(19)20-10-9-13(18)7-8-14-11-23-17(5,6)21(14)15(22)24-16(2,3)4/h7,14H,8-11H2,1-6H3,(H2,19,20)/b13-7+/t14-/m0/s1. The van der Waals surface area contributed by atoms with Gasteiger partial charge in [-0.3, -0.25) is 9.89 Å². The molecule has 0 aromatic rings. The summed E-state index contributed by atoms with van der Waals surface area (Å²) in [5.41, 5.74) is 4.04. The van der Waals surface area contributed by atoms with E-state index < -0.39 is 17.4 Å². The first-order chi connectivity index (χ1) is 10.9. The molecule has 1 amide bonds. The number of carbonyl (C=O) groups is 1. The van der Waals surface area contributed by atoms with Gasteiger partial charge in [-0.25, -0.2) is 9.18 Å². The Kier molecular flexibility index (Phi) is 6.77. The van der Waals surface area contributed by atoms with E-state index in [-0.39, 0.29) is 18.3 Å². The third kappa shape index (κ3) is 6.47. The molecular formula is C17H30FN3O3. The molecule has 1 fully saturated rings. The highest BCUT2D eigenvalue weighted by molar-refractivity contribution is 5.77. The minimum absolute atomic E-state index is 0.192. The monoisotopic (exact) mass is 343 g/mol. The molecule has 24 heavy (non-hydrogen) atoms. The van der Waals surface area contributed by atoms with Gasteiger partial charge in [-0.1, -0.05) is 6.08 Å². The number of amidine groups is 1. The van der Waals surface area contributed by atoms with Crippen molar-refractivity contribution in [3.05, 3.63) is 11.9 Å². The molecule has 1 atom stereocenters. The fourth-order valence-corrected chi connectivity index (χ4v) is 2.44. The third-order valence-corrected chi connectivity index (χ3v) is 3.49. The molecule has 1 aliphatic rings. The van der Waals surface area contributed by atoms with Gasteiger partial charge in [0.25, 0.3) is 0 Å². The summed E-state index contributed by atoms with van der Waals surface area (Å²) >= 11 is 0. The van der Waals surface area contributed by atoms with Gasteiger partial charge in [0.2, 0.25) is 0 Å². The van der Waals surface area contributed by atoms with Crippen molar-refractivity contribution >= 4 is 11.9 Å². The van der Waals surface area contributed by atoms with E-state index in [2.05, 4.69) is 4.99 Å². The van der Waals surface area contributed by atoms with Crippen molar-refractivity contribution in [3.8, 4) is 0 Å². The Morgan fingerprint density at radius 3 is 2.67 bits per heavy atom. The van der Waals surface area contributed by atoms with Crippen molar-refractivity contribution < 1.29 is 18.7 Å². The number of carbonyl (C=O) groups excluding carboxylic acids is 1. The fraction of sp³-hybridized carbons (Fsp3) is 0.765. The lowest BCUT2D eigenvalue weighted by atomic mass is 10.1. The Morgan fingerprint density at radius 1 is 1.50 bits per heavy atom. The van der Waals surface area contributed by atoms with Gasteiger partial charge >= 0.3 is 6.09 Å². The number of rotatable bonds is 5. The quantitative estimate of drug-likeness (QED) is 0.613. The van der Waals surface area contributed by atoms with Gasteiger partial charge in [0.15, 0.2) is 0 Å². The number of nitrogens with two attached hydrogens (primary N) is 1.